The molecular formula is C22H24N8S. The Balaban J connectivity index is 1.35. The molecule has 158 valence electrons. The van der Waals surface area contributed by atoms with E-state index in [4.69, 9.17) is 4.98 Å². The maximum absolute atomic E-state index is 4.72. The third-order valence-corrected chi connectivity index (χ3v) is 7.12. The Bertz CT molecular complexity index is 1250. The monoisotopic (exact) mass is 432 g/mol. The van der Waals surface area contributed by atoms with Crippen LogP contribution in [-0.4, -0.2) is 54.9 Å². The molecule has 8 nitrogen and oxygen atoms in total. The van der Waals surface area contributed by atoms with Crippen LogP contribution in [-0.2, 0) is 6.54 Å². The van der Waals surface area contributed by atoms with Crippen molar-refractivity contribution in [3.05, 3.63) is 48.9 Å². The number of aromatic nitrogens is 6. The number of rotatable bonds is 4. The number of nitrogens with zero attached hydrogens (tertiary/aromatic N) is 6. The highest BCUT2D eigenvalue weighted by molar-refractivity contribution is 8.08. The van der Waals surface area contributed by atoms with Crippen LogP contribution in [0, 0.1) is 5.92 Å². The zero-order chi connectivity index (χ0) is 20.6. The second-order valence-corrected chi connectivity index (χ2v) is 9.25. The Labute approximate surface area is 184 Å². The van der Waals surface area contributed by atoms with E-state index < -0.39 is 0 Å². The fourth-order valence-electron chi connectivity index (χ4n) is 4.56. The first kappa shape index (κ1) is 18.8. The highest BCUT2D eigenvalue weighted by Crippen LogP contribution is 2.36. The average Bonchev–Trinajstić information content (AvgIpc) is 3.47. The molecule has 1 atom stereocenters. The predicted molar refractivity (Wildman–Crippen MR) is 125 cm³/mol. The third-order valence-electron chi connectivity index (χ3n) is 6.10. The molecule has 0 aliphatic carbocycles. The van der Waals surface area contributed by atoms with Crippen molar-refractivity contribution in [3.63, 3.8) is 0 Å². The summed E-state index contributed by atoms with van der Waals surface area (Å²) in [7, 11) is 0. The van der Waals surface area contributed by atoms with Crippen molar-refractivity contribution < 1.29 is 0 Å². The number of H-pyrrole nitrogens is 1. The number of anilines is 1. The molecule has 4 aromatic heterocycles. The van der Waals surface area contributed by atoms with Crippen LogP contribution in [0.4, 0.5) is 5.82 Å². The molecule has 0 amide bonds. The normalized spacial score (nSPS) is 19.8. The molecule has 9 heteroatoms. The number of piperidine rings is 1. The number of fused-ring (bicyclic) bond motifs is 2. The first-order valence-electron chi connectivity index (χ1n) is 10.8. The van der Waals surface area contributed by atoms with Crippen LogP contribution in [0.15, 0.2) is 43.4 Å². The Morgan fingerprint density at radius 3 is 3.10 bits per heavy atom. The van der Waals surface area contributed by atoms with Gasteiger partial charge in [0, 0.05) is 53.3 Å². The van der Waals surface area contributed by atoms with Gasteiger partial charge in [0.1, 0.15) is 12.0 Å². The van der Waals surface area contributed by atoms with Crippen LogP contribution in [0.25, 0.3) is 27.1 Å². The van der Waals surface area contributed by atoms with E-state index in [0.717, 1.165) is 59.9 Å². The highest BCUT2D eigenvalue weighted by Gasteiger charge is 2.22. The lowest BCUT2D eigenvalue weighted by Gasteiger charge is -2.26. The number of pyridine rings is 1. The number of hydrogen-bond acceptors (Lipinski definition) is 7. The van der Waals surface area contributed by atoms with Crippen molar-refractivity contribution in [3.8, 4) is 0 Å². The van der Waals surface area contributed by atoms with E-state index in [1.54, 1.807) is 6.33 Å². The lowest BCUT2D eigenvalue weighted by Crippen LogP contribution is -2.32. The fraction of sp³-hybridized carbons (Fsp3) is 0.364. The van der Waals surface area contributed by atoms with E-state index in [9.17, 15) is 0 Å². The van der Waals surface area contributed by atoms with Gasteiger partial charge in [-0.05, 0) is 44.0 Å². The van der Waals surface area contributed by atoms with Crippen molar-refractivity contribution in [1.29, 1.82) is 0 Å². The van der Waals surface area contributed by atoms with Crippen LogP contribution in [0.5, 0.6) is 0 Å². The van der Waals surface area contributed by atoms with Crippen LogP contribution in [0.1, 0.15) is 18.4 Å². The number of hydrogen-bond donors (Lipinski definition) is 2. The maximum atomic E-state index is 4.72. The largest absolute Gasteiger partial charge is 0.346 e. The lowest BCUT2D eigenvalue weighted by atomic mass is 10.00. The molecule has 6 heterocycles. The van der Waals surface area contributed by atoms with Crippen LogP contribution in [0.2, 0.25) is 0 Å². The zero-order valence-corrected chi connectivity index (χ0v) is 18.0. The van der Waals surface area contributed by atoms with Crippen LogP contribution in [0.3, 0.4) is 0 Å². The molecule has 0 unspecified atom stereocenters. The molecule has 2 aliphatic rings. The molecule has 4 aromatic rings. The molecule has 0 radical (unpaired) electrons. The summed E-state index contributed by atoms with van der Waals surface area (Å²) in [5.74, 6) is 2.49. The molecule has 2 aliphatic heterocycles. The summed E-state index contributed by atoms with van der Waals surface area (Å²) in [6.45, 7) is 4.02. The zero-order valence-electron chi connectivity index (χ0n) is 17.2. The van der Waals surface area contributed by atoms with Crippen molar-refractivity contribution in [2.24, 2.45) is 5.92 Å². The lowest BCUT2D eigenvalue weighted by molar-refractivity contribution is 0.339. The topological polar surface area (TPSA) is 87.6 Å². The quantitative estimate of drug-likeness (QED) is 0.512. The van der Waals surface area contributed by atoms with Gasteiger partial charge in [0.25, 0.3) is 0 Å². The summed E-state index contributed by atoms with van der Waals surface area (Å²) in [6, 6.07) is 4.17. The molecule has 6 rings (SSSR count). The van der Waals surface area contributed by atoms with Gasteiger partial charge in [-0.2, -0.15) is 0 Å². The minimum Gasteiger partial charge on any atom is -0.346 e. The first-order valence-corrected chi connectivity index (χ1v) is 11.8. The number of aromatic amines is 1. The minimum atomic E-state index is 0.623. The molecule has 1 fully saturated rings. The average molecular weight is 433 g/mol. The molecule has 0 aromatic carbocycles. The van der Waals surface area contributed by atoms with E-state index in [1.165, 1.54) is 23.3 Å². The second-order valence-electron chi connectivity index (χ2n) is 8.11. The van der Waals surface area contributed by atoms with Gasteiger partial charge in [0.05, 0.1) is 6.33 Å². The Hall–Kier alpha value is -2.91. The smallest absolute Gasteiger partial charge is 0.165 e. The standard InChI is InChI=1S/C22H24N8S/c1-2-15(10-23-5-1)11-30-14-28-19-21(26-13-27-22(19)30)29-8-9-31-18(12-29)16-3-6-24-20-17(16)4-7-25-20/h3-4,6-7,12-15,23H,1-2,5,8-11H2,(H,24,25)/t15-/m1/s1. The van der Waals surface area contributed by atoms with Crippen LogP contribution >= 0.6 is 11.8 Å². The summed E-state index contributed by atoms with van der Waals surface area (Å²) in [6.07, 6.45) is 12.1. The van der Waals surface area contributed by atoms with Gasteiger partial charge < -0.3 is 19.8 Å². The van der Waals surface area contributed by atoms with Gasteiger partial charge in [-0.15, -0.1) is 11.8 Å². The van der Waals surface area contributed by atoms with E-state index in [-0.39, 0.29) is 0 Å². The summed E-state index contributed by atoms with van der Waals surface area (Å²) >= 11 is 1.87. The second kappa shape index (κ2) is 7.97. The summed E-state index contributed by atoms with van der Waals surface area (Å²) in [5.41, 5.74) is 3.90. The number of thioether (sulfide) groups is 1. The first-order chi connectivity index (χ1) is 15.4. The van der Waals surface area contributed by atoms with E-state index in [1.807, 2.05) is 30.5 Å². The van der Waals surface area contributed by atoms with E-state index in [2.05, 4.69) is 53.1 Å². The Morgan fingerprint density at radius 2 is 2.16 bits per heavy atom. The Kier molecular flexibility index (Phi) is 4.84. The van der Waals surface area contributed by atoms with Gasteiger partial charge in [0.15, 0.2) is 17.0 Å². The Morgan fingerprint density at radius 1 is 1.16 bits per heavy atom. The fourth-order valence-corrected chi connectivity index (χ4v) is 5.60. The summed E-state index contributed by atoms with van der Waals surface area (Å²) in [4.78, 5) is 25.0. The maximum Gasteiger partial charge on any atom is 0.165 e. The molecular weight excluding hydrogens is 408 g/mol. The molecule has 0 bridgehead atoms. The molecule has 31 heavy (non-hydrogen) atoms. The number of imidazole rings is 1. The van der Waals surface area contributed by atoms with Crippen molar-refractivity contribution in [1.82, 2.24) is 34.8 Å². The summed E-state index contributed by atoms with van der Waals surface area (Å²) in [5, 5.41) is 4.64. The van der Waals surface area contributed by atoms with Crippen molar-refractivity contribution >= 4 is 44.7 Å². The van der Waals surface area contributed by atoms with Gasteiger partial charge in [0.2, 0.25) is 0 Å². The van der Waals surface area contributed by atoms with Crippen LogP contribution < -0.4 is 10.2 Å². The highest BCUT2D eigenvalue weighted by atomic mass is 32.2. The molecule has 0 saturated carbocycles. The SMILES string of the molecule is C1=C(c2ccnc3[nH]ccc23)SCCN1c1ncnc2c1ncn2C[C@@H]1CCCNC1. The molecule has 2 N–H and O–H groups in total. The van der Waals surface area contributed by atoms with E-state index in [0.29, 0.717) is 5.92 Å². The van der Waals surface area contributed by atoms with Gasteiger partial charge >= 0.3 is 0 Å². The van der Waals surface area contributed by atoms with Crippen molar-refractivity contribution in [2.45, 2.75) is 19.4 Å². The minimum absolute atomic E-state index is 0.623. The van der Waals surface area contributed by atoms with E-state index >= 15 is 0 Å². The number of nitrogens with one attached hydrogen (secondary N) is 2. The predicted octanol–water partition coefficient (Wildman–Crippen LogP) is 3.25. The molecule has 1 saturated heterocycles. The summed E-state index contributed by atoms with van der Waals surface area (Å²) < 4.78 is 2.19. The van der Waals surface area contributed by atoms with Gasteiger partial charge in [-0.1, -0.05) is 0 Å². The van der Waals surface area contributed by atoms with Gasteiger partial charge in [-0.3, -0.25) is 0 Å². The third kappa shape index (κ3) is 3.47. The van der Waals surface area contributed by atoms with Gasteiger partial charge in [-0.25, -0.2) is 19.9 Å². The van der Waals surface area contributed by atoms with Crippen molar-refractivity contribution in [2.75, 3.05) is 30.3 Å². The molecule has 0 spiro atoms.